The molecule has 0 aliphatic heterocycles. The predicted molar refractivity (Wildman–Crippen MR) is 148 cm³/mol. The average molecular weight is 516 g/mol. The Balaban J connectivity index is 1.78. The van der Waals surface area contributed by atoms with Crippen molar-refractivity contribution in [2.45, 2.75) is 31.7 Å². The summed E-state index contributed by atoms with van der Waals surface area (Å²) in [7, 11) is 1.67. The van der Waals surface area contributed by atoms with E-state index in [1.54, 1.807) is 18.4 Å². The lowest BCUT2D eigenvalue weighted by molar-refractivity contribution is -0.114. The zero-order chi connectivity index (χ0) is 24.5. The molecule has 1 amide bonds. The molecular formula is C24H29N5O2S3. The topological polar surface area (TPSA) is 87.3 Å². The Morgan fingerprint density at radius 1 is 1.15 bits per heavy atom. The van der Waals surface area contributed by atoms with Crippen molar-refractivity contribution in [1.29, 1.82) is 0 Å². The highest BCUT2D eigenvalue weighted by Crippen LogP contribution is 2.38. The number of anilines is 2. The van der Waals surface area contributed by atoms with Crippen LogP contribution < -0.4 is 20.7 Å². The van der Waals surface area contributed by atoms with Crippen molar-refractivity contribution in [2.24, 2.45) is 0 Å². The number of thiazole rings is 1. The van der Waals surface area contributed by atoms with Crippen LogP contribution in [0.15, 0.2) is 53.6 Å². The smallest absolute Gasteiger partial charge is 0.221 e. The summed E-state index contributed by atoms with van der Waals surface area (Å²) < 4.78 is 8.42. The quantitative estimate of drug-likeness (QED) is 0.163. The van der Waals surface area contributed by atoms with E-state index < -0.39 is 0 Å². The van der Waals surface area contributed by atoms with Crippen molar-refractivity contribution in [1.82, 2.24) is 15.0 Å². The Kier molecular flexibility index (Phi) is 9.85. The van der Waals surface area contributed by atoms with Gasteiger partial charge in [0.25, 0.3) is 0 Å². The van der Waals surface area contributed by atoms with Crippen LogP contribution in [-0.2, 0) is 9.53 Å². The minimum absolute atomic E-state index is 0.102. The van der Waals surface area contributed by atoms with Gasteiger partial charge >= 0.3 is 0 Å². The van der Waals surface area contributed by atoms with Gasteiger partial charge < -0.3 is 20.7 Å². The average Bonchev–Trinajstić information content (AvgIpc) is 3.26. The molecule has 0 spiro atoms. The molecule has 3 aromatic rings. The molecule has 180 valence electrons. The Hall–Kier alpha value is -2.50. The summed E-state index contributed by atoms with van der Waals surface area (Å²) in [5.74, 6) is -0.102. The maximum atomic E-state index is 11.5. The van der Waals surface area contributed by atoms with Crippen LogP contribution >= 0.6 is 35.5 Å². The van der Waals surface area contributed by atoms with Gasteiger partial charge in [-0.25, -0.2) is 4.98 Å². The first-order valence-corrected chi connectivity index (χ1v) is 12.8. The number of hydrogen-bond donors (Lipinski definition) is 4. The monoisotopic (exact) mass is 515 g/mol. The minimum atomic E-state index is -0.102. The van der Waals surface area contributed by atoms with Gasteiger partial charge in [-0.3, -0.25) is 9.52 Å². The fourth-order valence-corrected chi connectivity index (χ4v) is 5.22. The van der Waals surface area contributed by atoms with Crippen LogP contribution in [0.3, 0.4) is 0 Å². The highest BCUT2D eigenvalue weighted by Gasteiger charge is 2.13. The largest absolute Gasteiger partial charge is 0.383 e. The van der Waals surface area contributed by atoms with Gasteiger partial charge in [-0.1, -0.05) is 6.07 Å². The second-order valence-corrected chi connectivity index (χ2v) is 10.1. The molecule has 1 aromatic heterocycles. The van der Waals surface area contributed by atoms with E-state index in [0.717, 1.165) is 37.3 Å². The third-order valence-corrected chi connectivity index (χ3v) is 6.68. The molecule has 10 heteroatoms. The molecule has 7 nitrogen and oxygen atoms in total. The van der Waals surface area contributed by atoms with Crippen molar-refractivity contribution < 1.29 is 9.53 Å². The number of rotatable bonds is 10. The summed E-state index contributed by atoms with van der Waals surface area (Å²) in [6.45, 7) is 6.91. The van der Waals surface area contributed by atoms with Gasteiger partial charge in [0, 0.05) is 60.2 Å². The summed E-state index contributed by atoms with van der Waals surface area (Å²) in [6.07, 6.45) is 1.89. The van der Waals surface area contributed by atoms with Crippen molar-refractivity contribution in [3.05, 3.63) is 48.7 Å². The van der Waals surface area contributed by atoms with Gasteiger partial charge in [0.1, 0.15) is 5.01 Å². The van der Waals surface area contributed by atoms with Crippen molar-refractivity contribution >= 4 is 57.9 Å². The van der Waals surface area contributed by atoms with Gasteiger partial charge in [0.2, 0.25) is 5.91 Å². The van der Waals surface area contributed by atoms with E-state index in [2.05, 4.69) is 25.7 Å². The Labute approximate surface area is 214 Å². The summed E-state index contributed by atoms with van der Waals surface area (Å²) in [6, 6.07) is 14.2. The molecule has 4 N–H and O–H groups in total. The lowest BCUT2D eigenvalue weighted by Gasteiger charge is -2.13. The second-order valence-electron chi connectivity index (χ2n) is 7.74. The van der Waals surface area contributed by atoms with Gasteiger partial charge in [0.15, 0.2) is 5.11 Å². The lowest BCUT2D eigenvalue weighted by atomic mass is 10.2. The predicted octanol–water partition coefficient (Wildman–Crippen LogP) is 5.37. The number of methoxy groups -OCH3 is 1. The molecule has 0 aliphatic carbocycles. The molecule has 0 saturated carbocycles. The zero-order valence-electron chi connectivity index (χ0n) is 19.6. The lowest BCUT2D eigenvalue weighted by Crippen LogP contribution is -2.33. The maximum Gasteiger partial charge on any atom is 0.221 e. The fourth-order valence-electron chi connectivity index (χ4n) is 3.02. The van der Waals surface area contributed by atoms with Crippen LogP contribution in [0.5, 0.6) is 0 Å². The van der Waals surface area contributed by atoms with E-state index in [4.69, 9.17) is 17.0 Å². The van der Waals surface area contributed by atoms with Crippen LogP contribution in [0.4, 0.5) is 11.4 Å². The van der Waals surface area contributed by atoms with E-state index in [9.17, 15) is 4.79 Å². The standard InChI is InChI=1S/C24H29N5O2S3/c1-15(2)27-24(32)29-18-7-5-17(6-8-18)23-25-14-22(33-23)20-10-9-19(28-16(3)30)13-21(20)34-26-11-12-31-4/h5-10,13-15,26H,11-12H2,1-4H3,(H,28,30)(H2,27,29,32). The van der Waals surface area contributed by atoms with E-state index in [-0.39, 0.29) is 11.9 Å². The molecule has 3 rings (SSSR count). The first-order valence-electron chi connectivity index (χ1n) is 10.8. The SMILES string of the molecule is COCCNSc1cc(NC(C)=O)ccc1-c1cnc(-c2ccc(NC(=S)NC(C)C)cc2)s1. The number of benzene rings is 2. The number of hydrogen-bond acceptors (Lipinski definition) is 7. The molecule has 0 unspecified atom stereocenters. The first kappa shape index (κ1) is 26.1. The van der Waals surface area contributed by atoms with Crippen LogP contribution in [0.1, 0.15) is 20.8 Å². The molecule has 0 aliphatic rings. The van der Waals surface area contributed by atoms with Gasteiger partial charge in [0.05, 0.1) is 11.5 Å². The molecule has 0 bridgehead atoms. The van der Waals surface area contributed by atoms with Gasteiger partial charge in [-0.05, 0) is 74.4 Å². The second kappa shape index (κ2) is 12.8. The minimum Gasteiger partial charge on any atom is -0.383 e. The molecule has 0 radical (unpaired) electrons. The zero-order valence-corrected chi connectivity index (χ0v) is 22.0. The Morgan fingerprint density at radius 2 is 1.88 bits per heavy atom. The highest BCUT2D eigenvalue weighted by atomic mass is 32.2. The third-order valence-electron chi connectivity index (χ3n) is 4.47. The summed E-state index contributed by atoms with van der Waals surface area (Å²) in [5, 5.41) is 10.7. The number of nitrogens with one attached hydrogen (secondary N) is 4. The van der Waals surface area contributed by atoms with Gasteiger partial charge in [-0.2, -0.15) is 0 Å². The summed E-state index contributed by atoms with van der Waals surface area (Å²) in [5.41, 5.74) is 3.76. The van der Waals surface area contributed by atoms with Crippen molar-refractivity contribution in [3.8, 4) is 21.0 Å². The number of aromatic nitrogens is 1. The molecule has 0 saturated heterocycles. The van der Waals surface area contributed by atoms with Crippen molar-refractivity contribution in [3.63, 3.8) is 0 Å². The molecule has 0 fully saturated rings. The van der Waals surface area contributed by atoms with Crippen LogP contribution in [-0.4, -0.2) is 42.3 Å². The first-order chi connectivity index (χ1) is 16.4. The van der Waals surface area contributed by atoms with E-state index in [0.29, 0.717) is 18.3 Å². The number of thiocarbonyl (C=S) groups is 1. The highest BCUT2D eigenvalue weighted by molar-refractivity contribution is 7.97. The van der Waals surface area contributed by atoms with E-state index >= 15 is 0 Å². The van der Waals surface area contributed by atoms with Gasteiger partial charge in [-0.15, -0.1) is 11.3 Å². The summed E-state index contributed by atoms with van der Waals surface area (Å²) in [4.78, 5) is 18.2. The summed E-state index contributed by atoms with van der Waals surface area (Å²) >= 11 is 8.45. The number of carbonyl (C=O) groups excluding carboxylic acids is 1. The number of amides is 1. The van der Waals surface area contributed by atoms with Crippen LogP contribution in [0.25, 0.3) is 21.0 Å². The molecule has 0 atom stereocenters. The van der Waals surface area contributed by atoms with E-state index in [1.807, 2.05) is 62.5 Å². The maximum absolute atomic E-state index is 11.5. The third kappa shape index (κ3) is 7.78. The Morgan fingerprint density at radius 3 is 2.56 bits per heavy atom. The van der Waals surface area contributed by atoms with Crippen LogP contribution in [0.2, 0.25) is 0 Å². The Bertz CT molecular complexity index is 1120. The molecule has 2 aromatic carbocycles. The normalized spacial score (nSPS) is 10.9. The van der Waals surface area contributed by atoms with E-state index in [1.165, 1.54) is 18.9 Å². The van der Waals surface area contributed by atoms with Crippen LogP contribution in [0, 0.1) is 0 Å². The fraction of sp³-hybridized carbons (Fsp3) is 0.292. The number of carbonyl (C=O) groups is 1. The molecular weight excluding hydrogens is 486 g/mol. The molecule has 34 heavy (non-hydrogen) atoms. The number of nitrogens with zero attached hydrogens (tertiary/aromatic N) is 1. The number of ether oxygens (including phenoxy) is 1. The van der Waals surface area contributed by atoms with Crippen molar-refractivity contribution in [2.75, 3.05) is 30.9 Å². The molecule has 1 heterocycles.